The average Bonchev–Trinajstić information content (AvgIpc) is 2.86. The van der Waals surface area contributed by atoms with Crippen LogP contribution in [0.1, 0.15) is 32.3 Å². The minimum Gasteiger partial charge on any atom is -0.494 e. The summed E-state index contributed by atoms with van der Waals surface area (Å²) in [6, 6.07) is 16.9. The van der Waals surface area contributed by atoms with Gasteiger partial charge in [0.1, 0.15) is 11.8 Å². The van der Waals surface area contributed by atoms with E-state index >= 15 is 0 Å². The topological polar surface area (TPSA) is 97.0 Å². The number of aryl methyl sites for hydroxylation is 1. The van der Waals surface area contributed by atoms with Crippen LogP contribution < -0.4 is 15.4 Å². The van der Waals surface area contributed by atoms with Gasteiger partial charge >= 0.3 is 5.97 Å². The summed E-state index contributed by atoms with van der Waals surface area (Å²) < 4.78 is 11.0. The first-order valence-corrected chi connectivity index (χ1v) is 12.2. The van der Waals surface area contributed by atoms with E-state index in [9.17, 15) is 14.4 Å². The summed E-state index contributed by atoms with van der Waals surface area (Å²) in [5.74, 6) is -0.0942. The summed E-state index contributed by atoms with van der Waals surface area (Å²) in [6.07, 6.45) is 1.74. The third kappa shape index (κ3) is 8.63. The van der Waals surface area contributed by atoms with Crippen molar-refractivity contribution in [3.05, 3.63) is 60.2 Å². The normalized spacial score (nSPS) is 15.5. The quantitative estimate of drug-likeness (QED) is 0.357. The van der Waals surface area contributed by atoms with Crippen molar-refractivity contribution >= 4 is 23.5 Å². The fraction of sp³-hybridized carbons (Fsp3) is 0.444. The summed E-state index contributed by atoms with van der Waals surface area (Å²) in [5, 5.41) is 5.81. The monoisotopic (exact) mass is 481 g/mol. The van der Waals surface area contributed by atoms with E-state index in [-0.39, 0.29) is 37.3 Å². The molecule has 2 aromatic rings. The molecule has 188 valence electrons. The summed E-state index contributed by atoms with van der Waals surface area (Å²) in [6.45, 7) is 5.51. The molecule has 1 fully saturated rings. The lowest BCUT2D eigenvalue weighted by atomic mass is 10.1. The van der Waals surface area contributed by atoms with Crippen LogP contribution in [0.4, 0.5) is 5.69 Å². The number of hydrogen-bond acceptors (Lipinski definition) is 6. The van der Waals surface area contributed by atoms with E-state index in [0.29, 0.717) is 19.7 Å². The van der Waals surface area contributed by atoms with Crippen LogP contribution in [0.25, 0.3) is 0 Å². The van der Waals surface area contributed by atoms with Crippen LogP contribution in [0.2, 0.25) is 0 Å². The van der Waals surface area contributed by atoms with Crippen molar-refractivity contribution in [3.63, 3.8) is 0 Å². The standard InChI is InChI=1S/C27H35N3O5/c1-20(2)19-35-26(32)17-24-27(33)28-14-15-30(24)25(31)18-29-22-10-12-23(13-11-22)34-16-6-9-21-7-4-3-5-8-21/h3-5,7-8,10-13,20,24,29H,6,9,14-19H2,1-2H3,(H,28,33). The zero-order valence-electron chi connectivity index (χ0n) is 20.5. The Bertz CT molecular complexity index is 963. The second kappa shape index (κ2) is 13.4. The number of esters is 1. The fourth-order valence-corrected chi connectivity index (χ4v) is 3.75. The first-order valence-electron chi connectivity index (χ1n) is 12.2. The van der Waals surface area contributed by atoms with Gasteiger partial charge < -0.3 is 25.0 Å². The highest BCUT2D eigenvalue weighted by Gasteiger charge is 2.35. The molecule has 2 amide bonds. The SMILES string of the molecule is CC(C)COC(=O)CC1C(=O)NCCN1C(=O)CNc1ccc(OCCCc2ccccc2)cc1. The van der Waals surface area contributed by atoms with Gasteiger partial charge in [0.15, 0.2) is 0 Å². The van der Waals surface area contributed by atoms with E-state index in [0.717, 1.165) is 24.3 Å². The Labute approximate surface area is 207 Å². The van der Waals surface area contributed by atoms with E-state index in [1.54, 1.807) is 0 Å². The molecule has 0 spiro atoms. The first-order chi connectivity index (χ1) is 16.9. The summed E-state index contributed by atoms with van der Waals surface area (Å²) in [7, 11) is 0. The number of amides is 2. The second-order valence-corrected chi connectivity index (χ2v) is 8.99. The fourth-order valence-electron chi connectivity index (χ4n) is 3.75. The van der Waals surface area contributed by atoms with Crippen LogP contribution in [0.15, 0.2) is 54.6 Å². The number of rotatable bonds is 12. The van der Waals surface area contributed by atoms with Crippen molar-refractivity contribution in [3.8, 4) is 5.75 Å². The van der Waals surface area contributed by atoms with Gasteiger partial charge in [-0.25, -0.2) is 0 Å². The minimum atomic E-state index is -0.857. The highest BCUT2D eigenvalue weighted by atomic mass is 16.5. The predicted octanol–water partition coefficient (Wildman–Crippen LogP) is 3.03. The number of piperazine rings is 1. The molecule has 0 aromatic heterocycles. The molecule has 1 heterocycles. The maximum absolute atomic E-state index is 12.8. The molecular weight excluding hydrogens is 446 g/mol. The van der Waals surface area contributed by atoms with Gasteiger partial charge in [0.25, 0.3) is 0 Å². The molecule has 1 aliphatic heterocycles. The molecule has 35 heavy (non-hydrogen) atoms. The Morgan fingerprint density at radius 1 is 1.11 bits per heavy atom. The summed E-state index contributed by atoms with van der Waals surface area (Å²) in [4.78, 5) is 38.8. The third-order valence-electron chi connectivity index (χ3n) is 5.61. The molecule has 0 bridgehead atoms. The molecule has 0 saturated carbocycles. The Kier molecular flexibility index (Phi) is 9.95. The Morgan fingerprint density at radius 3 is 2.57 bits per heavy atom. The third-order valence-corrected chi connectivity index (χ3v) is 5.61. The van der Waals surface area contributed by atoms with Gasteiger partial charge in [0.05, 0.1) is 26.2 Å². The number of ether oxygens (including phenoxy) is 2. The predicted molar refractivity (Wildman–Crippen MR) is 134 cm³/mol. The maximum atomic E-state index is 12.8. The first kappa shape index (κ1) is 26.1. The van der Waals surface area contributed by atoms with Gasteiger partial charge in [-0.05, 0) is 48.6 Å². The molecule has 2 N–H and O–H groups in total. The van der Waals surface area contributed by atoms with Crippen molar-refractivity contribution in [2.24, 2.45) is 5.92 Å². The van der Waals surface area contributed by atoms with Crippen molar-refractivity contribution < 1.29 is 23.9 Å². The van der Waals surface area contributed by atoms with Gasteiger partial charge in [-0.15, -0.1) is 0 Å². The smallest absolute Gasteiger partial charge is 0.308 e. The van der Waals surface area contributed by atoms with Crippen LogP contribution in [-0.2, 0) is 25.5 Å². The number of anilines is 1. The molecule has 2 aromatic carbocycles. The van der Waals surface area contributed by atoms with Gasteiger partial charge in [0.2, 0.25) is 11.8 Å². The molecule has 8 heteroatoms. The van der Waals surface area contributed by atoms with Crippen LogP contribution in [-0.4, -0.2) is 61.6 Å². The van der Waals surface area contributed by atoms with Crippen molar-refractivity contribution in [2.45, 2.75) is 39.2 Å². The van der Waals surface area contributed by atoms with Gasteiger partial charge in [-0.1, -0.05) is 44.2 Å². The second-order valence-electron chi connectivity index (χ2n) is 8.99. The minimum absolute atomic E-state index is 0.0160. The lowest BCUT2D eigenvalue weighted by Gasteiger charge is -2.34. The lowest BCUT2D eigenvalue weighted by molar-refractivity contribution is -0.152. The van der Waals surface area contributed by atoms with E-state index < -0.39 is 12.0 Å². The molecule has 8 nitrogen and oxygen atoms in total. The Balaban J connectivity index is 1.44. The summed E-state index contributed by atoms with van der Waals surface area (Å²) >= 11 is 0. The zero-order valence-corrected chi connectivity index (χ0v) is 20.5. The van der Waals surface area contributed by atoms with Crippen LogP contribution in [0.3, 0.4) is 0 Å². The largest absolute Gasteiger partial charge is 0.494 e. The average molecular weight is 482 g/mol. The van der Waals surface area contributed by atoms with E-state index in [2.05, 4.69) is 22.8 Å². The van der Waals surface area contributed by atoms with Gasteiger partial charge in [-0.2, -0.15) is 0 Å². The molecule has 1 aliphatic rings. The van der Waals surface area contributed by atoms with Crippen LogP contribution in [0, 0.1) is 5.92 Å². The van der Waals surface area contributed by atoms with Crippen molar-refractivity contribution in [2.75, 3.05) is 38.2 Å². The lowest BCUT2D eigenvalue weighted by Crippen LogP contribution is -2.58. The van der Waals surface area contributed by atoms with Gasteiger partial charge in [-0.3, -0.25) is 14.4 Å². The number of benzene rings is 2. The van der Waals surface area contributed by atoms with E-state index in [1.807, 2.05) is 56.3 Å². The highest BCUT2D eigenvalue weighted by molar-refractivity contribution is 5.93. The molecule has 1 atom stereocenters. The van der Waals surface area contributed by atoms with Crippen LogP contribution >= 0.6 is 0 Å². The number of carbonyl (C=O) groups is 3. The van der Waals surface area contributed by atoms with E-state index in [4.69, 9.17) is 9.47 Å². The summed E-state index contributed by atoms with van der Waals surface area (Å²) in [5.41, 5.74) is 2.06. The maximum Gasteiger partial charge on any atom is 0.308 e. The number of carbonyl (C=O) groups excluding carboxylic acids is 3. The molecule has 3 rings (SSSR count). The molecular formula is C27H35N3O5. The molecule has 1 saturated heterocycles. The number of nitrogens with one attached hydrogen (secondary N) is 2. The molecule has 1 unspecified atom stereocenters. The molecule has 0 aliphatic carbocycles. The van der Waals surface area contributed by atoms with E-state index in [1.165, 1.54) is 10.5 Å². The highest BCUT2D eigenvalue weighted by Crippen LogP contribution is 2.17. The zero-order chi connectivity index (χ0) is 25.0. The number of hydrogen-bond donors (Lipinski definition) is 2. The van der Waals surface area contributed by atoms with Crippen molar-refractivity contribution in [1.29, 1.82) is 0 Å². The molecule has 0 radical (unpaired) electrons. The Hall–Kier alpha value is -3.55. The van der Waals surface area contributed by atoms with Crippen LogP contribution in [0.5, 0.6) is 5.75 Å². The Morgan fingerprint density at radius 2 is 1.86 bits per heavy atom. The van der Waals surface area contributed by atoms with Gasteiger partial charge in [0, 0.05) is 18.8 Å². The number of nitrogens with zero attached hydrogens (tertiary/aromatic N) is 1. The van der Waals surface area contributed by atoms with Crippen molar-refractivity contribution in [1.82, 2.24) is 10.2 Å².